The second kappa shape index (κ2) is 11.1. The average Bonchev–Trinajstić information content (AvgIpc) is 2.94. The number of ether oxygens (including phenoxy) is 2. The van der Waals surface area contributed by atoms with Crippen LogP contribution in [0, 0.1) is 11.8 Å². The molecule has 5 nitrogen and oxygen atoms in total. The Kier molecular flexibility index (Phi) is 7.63. The number of piperidine rings is 3. The number of methoxy groups -OCH3 is 1. The molecular formula is C32H37NO4. The molecule has 0 spiro atoms. The van der Waals surface area contributed by atoms with Gasteiger partial charge in [-0.1, -0.05) is 80.6 Å². The first-order valence-corrected chi connectivity index (χ1v) is 13.3. The molecule has 0 saturated carbocycles. The SMILES string of the molecule is COc1ccc(C(C)C)cc1COC(=O)[C@@H]1CN2CC[C@H]1[C@H](O)[C@H]2C(c1ccccc1)c1ccccc1. The molecule has 3 aromatic rings. The van der Waals surface area contributed by atoms with Crippen LogP contribution in [0.3, 0.4) is 0 Å². The maximum atomic E-state index is 13.3. The molecule has 0 amide bonds. The van der Waals surface area contributed by atoms with Crippen LogP contribution in [0.25, 0.3) is 0 Å². The quantitative estimate of drug-likeness (QED) is 0.422. The van der Waals surface area contributed by atoms with Gasteiger partial charge in [-0.05, 0) is 47.7 Å². The predicted octanol–water partition coefficient (Wildman–Crippen LogP) is 5.38. The van der Waals surface area contributed by atoms with Crippen molar-refractivity contribution in [1.82, 2.24) is 4.90 Å². The van der Waals surface area contributed by atoms with Gasteiger partial charge in [-0.25, -0.2) is 0 Å². The molecule has 3 aliphatic rings. The summed E-state index contributed by atoms with van der Waals surface area (Å²) in [5.74, 6) is 0.421. The first-order chi connectivity index (χ1) is 18.0. The molecule has 1 unspecified atom stereocenters. The number of rotatable bonds is 8. The lowest BCUT2D eigenvalue weighted by Gasteiger charge is -2.54. The average molecular weight is 500 g/mol. The summed E-state index contributed by atoms with van der Waals surface area (Å²) in [6.45, 7) is 5.92. The molecule has 3 aliphatic heterocycles. The number of hydrogen-bond donors (Lipinski definition) is 1. The van der Waals surface area contributed by atoms with E-state index in [0.717, 1.165) is 24.3 Å². The highest BCUT2D eigenvalue weighted by Crippen LogP contribution is 2.44. The van der Waals surface area contributed by atoms with Crippen LogP contribution in [0.15, 0.2) is 78.9 Å². The Hall–Kier alpha value is -3.15. The number of aliphatic hydroxyl groups excluding tert-OH is 1. The maximum Gasteiger partial charge on any atom is 0.310 e. The molecule has 3 aromatic carbocycles. The third-order valence-electron chi connectivity index (χ3n) is 8.21. The van der Waals surface area contributed by atoms with Crippen LogP contribution in [0.4, 0.5) is 0 Å². The zero-order valence-electron chi connectivity index (χ0n) is 21.9. The van der Waals surface area contributed by atoms with E-state index >= 15 is 0 Å². The summed E-state index contributed by atoms with van der Waals surface area (Å²) in [4.78, 5) is 15.6. The predicted molar refractivity (Wildman–Crippen MR) is 145 cm³/mol. The van der Waals surface area contributed by atoms with E-state index in [1.54, 1.807) is 7.11 Å². The minimum absolute atomic E-state index is 0.0280. The fourth-order valence-electron chi connectivity index (χ4n) is 6.24. The van der Waals surface area contributed by atoms with Gasteiger partial charge in [0.1, 0.15) is 12.4 Å². The molecule has 0 aliphatic carbocycles. The van der Waals surface area contributed by atoms with Gasteiger partial charge in [0.15, 0.2) is 0 Å². The smallest absolute Gasteiger partial charge is 0.310 e. The van der Waals surface area contributed by atoms with E-state index in [1.807, 2.05) is 18.2 Å². The monoisotopic (exact) mass is 499 g/mol. The summed E-state index contributed by atoms with van der Waals surface area (Å²) in [7, 11) is 1.63. The van der Waals surface area contributed by atoms with E-state index in [0.29, 0.717) is 12.5 Å². The highest BCUT2D eigenvalue weighted by Gasteiger charge is 2.52. The van der Waals surface area contributed by atoms with Crippen LogP contribution >= 0.6 is 0 Å². The summed E-state index contributed by atoms with van der Waals surface area (Å²) in [5.41, 5.74) is 4.42. The molecule has 6 rings (SSSR count). The van der Waals surface area contributed by atoms with Crippen LogP contribution in [0.1, 0.15) is 54.4 Å². The summed E-state index contributed by atoms with van der Waals surface area (Å²) in [6, 6.07) is 26.8. The van der Waals surface area contributed by atoms with Crippen LogP contribution < -0.4 is 4.74 Å². The van der Waals surface area contributed by atoms with Crippen molar-refractivity contribution in [3.63, 3.8) is 0 Å². The number of fused-ring (bicyclic) bond motifs is 3. The van der Waals surface area contributed by atoms with Gasteiger partial charge in [-0.3, -0.25) is 9.69 Å². The third kappa shape index (κ3) is 5.16. The fraction of sp³-hybridized carbons (Fsp3) is 0.406. The van der Waals surface area contributed by atoms with Crippen molar-refractivity contribution in [1.29, 1.82) is 0 Å². The normalized spacial score (nSPS) is 24.9. The molecule has 5 heteroatoms. The zero-order chi connectivity index (χ0) is 25.9. The Morgan fingerprint density at radius 2 is 1.62 bits per heavy atom. The molecule has 0 radical (unpaired) electrons. The van der Waals surface area contributed by atoms with Gasteiger partial charge in [-0.2, -0.15) is 0 Å². The third-order valence-corrected chi connectivity index (χ3v) is 8.21. The summed E-state index contributed by atoms with van der Waals surface area (Å²) < 4.78 is 11.4. The Bertz CT molecular complexity index is 1150. The highest BCUT2D eigenvalue weighted by molar-refractivity contribution is 5.74. The first-order valence-electron chi connectivity index (χ1n) is 13.3. The number of esters is 1. The lowest BCUT2D eigenvalue weighted by molar-refractivity contribution is -0.169. The molecule has 37 heavy (non-hydrogen) atoms. The number of nitrogens with zero attached hydrogens (tertiary/aromatic N) is 1. The van der Waals surface area contributed by atoms with Gasteiger partial charge in [0.2, 0.25) is 0 Å². The second-order valence-corrected chi connectivity index (χ2v) is 10.7. The van der Waals surface area contributed by atoms with E-state index in [4.69, 9.17) is 9.47 Å². The van der Waals surface area contributed by atoms with Crippen molar-refractivity contribution < 1.29 is 19.4 Å². The van der Waals surface area contributed by atoms with Crippen molar-refractivity contribution >= 4 is 5.97 Å². The lowest BCUT2D eigenvalue weighted by atomic mass is 9.68. The van der Waals surface area contributed by atoms with E-state index in [9.17, 15) is 9.90 Å². The summed E-state index contributed by atoms with van der Waals surface area (Å²) >= 11 is 0. The van der Waals surface area contributed by atoms with Gasteiger partial charge in [0.25, 0.3) is 0 Å². The van der Waals surface area contributed by atoms with Crippen molar-refractivity contribution in [3.05, 3.63) is 101 Å². The summed E-state index contributed by atoms with van der Waals surface area (Å²) in [6.07, 6.45) is 0.171. The molecule has 3 fully saturated rings. The van der Waals surface area contributed by atoms with Gasteiger partial charge >= 0.3 is 5.97 Å². The standard InChI is InChI=1S/C32H37NO4/c1-21(2)24-14-15-28(36-3)25(18-24)20-37-32(35)27-19-33-17-16-26(27)31(34)30(33)29(22-10-6-4-7-11-22)23-12-8-5-9-13-23/h4-15,18,21,26-27,29-31,34H,16-17,19-20H2,1-3H3/t26-,27-,30-,31+/m1/s1. The van der Waals surface area contributed by atoms with E-state index in [1.165, 1.54) is 16.7 Å². The number of carbonyl (C=O) groups excluding carboxylic acids is 1. The number of hydrogen-bond acceptors (Lipinski definition) is 5. The van der Waals surface area contributed by atoms with Crippen LogP contribution in [-0.2, 0) is 16.1 Å². The zero-order valence-corrected chi connectivity index (χ0v) is 21.9. The molecule has 194 valence electrons. The molecule has 5 atom stereocenters. The molecule has 2 bridgehead atoms. The van der Waals surface area contributed by atoms with Gasteiger partial charge in [0.05, 0.1) is 19.1 Å². The Labute approximate surface area is 220 Å². The fourth-order valence-corrected chi connectivity index (χ4v) is 6.24. The Balaban J connectivity index is 1.35. The van der Waals surface area contributed by atoms with Crippen LogP contribution in [0.5, 0.6) is 5.75 Å². The topological polar surface area (TPSA) is 59.0 Å². The van der Waals surface area contributed by atoms with Crippen LogP contribution in [-0.4, -0.2) is 48.3 Å². The first kappa shape index (κ1) is 25.5. The molecule has 3 saturated heterocycles. The minimum atomic E-state index is -0.621. The van der Waals surface area contributed by atoms with Crippen molar-refractivity contribution in [2.75, 3.05) is 20.2 Å². The number of carbonyl (C=O) groups is 1. The Morgan fingerprint density at radius 3 is 2.19 bits per heavy atom. The lowest BCUT2D eigenvalue weighted by Crippen LogP contribution is -2.64. The summed E-state index contributed by atoms with van der Waals surface area (Å²) in [5, 5.41) is 11.7. The molecule has 3 heterocycles. The molecule has 0 aromatic heterocycles. The number of benzene rings is 3. The van der Waals surface area contributed by atoms with Crippen LogP contribution in [0.2, 0.25) is 0 Å². The number of aliphatic hydroxyl groups is 1. The highest BCUT2D eigenvalue weighted by atomic mass is 16.5. The van der Waals surface area contributed by atoms with E-state index in [2.05, 4.69) is 79.4 Å². The van der Waals surface area contributed by atoms with Gasteiger partial charge < -0.3 is 14.6 Å². The van der Waals surface area contributed by atoms with Gasteiger partial charge in [-0.15, -0.1) is 0 Å². The second-order valence-electron chi connectivity index (χ2n) is 10.7. The van der Waals surface area contributed by atoms with E-state index in [-0.39, 0.29) is 36.4 Å². The Morgan fingerprint density at radius 1 is 0.973 bits per heavy atom. The van der Waals surface area contributed by atoms with Crippen molar-refractivity contribution in [3.8, 4) is 5.75 Å². The molecule has 1 N–H and O–H groups in total. The van der Waals surface area contributed by atoms with E-state index < -0.39 is 6.10 Å². The molecular weight excluding hydrogens is 462 g/mol. The van der Waals surface area contributed by atoms with Crippen molar-refractivity contribution in [2.45, 2.75) is 50.9 Å². The maximum absolute atomic E-state index is 13.3. The minimum Gasteiger partial charge on any atom is -0.496 e. The van der Waals surface area contributed by atoms with Gasteiger partial charge in [0, 0.05) is 30.0 Å². The largest absolute Gasteiger partial charge is 0.496 e. The van der Waals surface area contributed by atoms with Crippen molar-refractivity contribution in [2.24, 2.45) is 11.8 Å².